The molecule has 0 aliphatic heterocycles. The number of carbonyl (C=O) groups is 1. The Hall–Kier alpha value is -0.500. The molecule has 1 fully saturated rings. The predicted molar refractivity (Wildman–Crippen MR) is 79.7 cm³/mol. The summed E-state index contributed by atoms with van der Waals surface area (Å²) in [6, 6.07) is 0. The lowest BCUT2D eigenvalue weighted by molar-refractivity contribution is -0.141. The Balaban J connectivity index is 2.00. The molecule has 21 heavy (non-hydrogen) atoms. The predicted octanol–water partition coefficient (Wildman–Crippen LogP) is 0.758. The first-order chi connectivity index (χ1) is 10.1. The van der Waals surface area contributed by atoms with Crippen LogP contribution in [0.5, 0.6) is 0 Å². The van der Waals surface area contributed by atoms with Crippen LogP contribution in [0.4, 0.5) is 0 Å². The van der Waals surface area contributed by atoms with Gasteiger partial charge >= 0.3 is 5.97 Å². The average Bonchev–Trinajstić information content (AvgIpc) is 3.20. The highest BCUT2D eigenvalue weighted by Gasteiger charge is 2.45. The quantitative estimate of drug-likeness (QED) is 0.368. The summed E-state index contributed by atoms with van der Waals surface area (Å²) in [7, 11) is 2.06. The molecule has 6 nitrogen and oxygen atoms in total. The van der Waals surface area contributed by atoms with E-state index in [0.29, 0.717) is 51.0 Å². The first-order valence-electron chi connectivity index (χ1n) is 7.18. The molecule has 0 spiro atoms. The topological polar surface area (TPSA) is 71.1 Å². The maximum absolute atomic E-state index is 12.0. The summed E-state index contributed by atoms with van der Waals surface area (Å²) in [6.45, 7) is 2.60. The van der Waals surface area contributed by atoms with Crippen LogP contribution in [0.1, 0.15) is 19.3 Å². The van der Waals surface area contributed by atoms with E-state index in [1.165, 1.54) is 7.11 Å². The number of rotatable bonds is 13. The van der Waals surface area contributed by atoms with Gasteiger partial charge in [0.15, 0.2) is 0 Å². The van der Waals surface area contributed by atoms with Crippen LogP contribution in [0.3, 0.4) is 0 Å². The van der Waals surface area contributed by atoms with Crippen LogP contribution in [0.15, 0.2) is 0 Å². The third kappa shape index (κ3) is 8.50. The van der Waals surface area contributed by atoms with Crippen molar-refractivity contribution in [2.24, 2.45) is 5.41 Å². The van der Waals surface area contributed by atoms with Crippen molar-refractivity contribution < 1.29 is 28.0 Å². The zero-order valence-corrected chi connectivity index (χ0v) is 13.7. The summed E-state index contributed by atoms with van der Waals surface area (Å²) in [4.78, 5) is 11.3. The third-order valence-corrected chi connectivity index (χ3v) is 4.99. The Morgan fingerprint density at radius 3 is 2.24 bits per heavy atom. The lowest BCUT2D eigenvalue weighted by Gasteiger charge is -2.13. The molecule has 0 heterocycles. The first kappa shape index (κ1) is 18.5. The summed E-state index contributed by atoms with van der Waals surface area (Å²) in [5.74, 6) is 0.852. The van der Waals surface area contributed by atoms with Crippen molar-refractivity contribution in [1.29, 1.82) is 0 Å². The Labute approximate surface area is 128 Å². The van der Waals surface area contributed by atoms with Crippen molar-refractivity contribution in [3.8, 4) is 0 Å². The summed E-state index contributed by atoms with van der Waals surface area (Å²) >= 11 is 0. The van der Waals surface area contributed by atoms with Gasteiger partial charge in [-0.15, -0.1) is 0 Å². The van der Waals surface area contributed by atoms with Crippen LogP contribution < -0.4 is 0 Å². The molecule has 124 valence electrons. The molecule has 0 bridgehead atoms. The molecule has 1 atom stereocenters. The summed E-state index contributed by atoms with van der Waals surface area (Å²) < 4.78 is 32.1. The van der Waals surface area contributed by atoms with Crippen molar-refractivity contribution in [1.82, 2.24) is 0 Å². The Morgan fingerprint density at radius 1 is 1.05 bits per heavy atom. The number of hydrogen-bond acceptors (Lipinski definition) is 6. The second-order valence-corrected chi connectivity index (χ2v) is 6.84. The first-order valence-corrected chi connectivity index (χ1v) is 8.67. The number of esters is 1. The maximum Gasteiger partial charge on any atom is 0.306 e. The minimum atomic E-state index is -0.949. The highest BCUT2D eigenvalue weighted by atomic mass is 32.2. The molecule has 1 unspecified atom stereocenters. The van der Waals surface area contributed by atoms with Gasteiger partial charge in [0.2, 0.25) is 0 Å². The molecule has 1 aliphatic rings. The van der Waals surface area contributed by atoms with E-state index in [2.05, 4.69) is 4.74 Å². The van der Waals surface area contributed by atoms with Crippen molar-refractivity contribution in [2.45, 2.75) is 19.3 Å². The lowest BCUT2D eigenvalue weighted by atomic mass is 10.1. The molecule has 0 saturated heterocycles. The second kappa shape index (κ2) is 10.3. The molecule has 0 amide bonds. The standard InChI is InChI=1S/C14H26O6S/c1-17-5-6-19-7-8-20-9-10-21(16)12-14(3-4-14)11-13(15)18-2/h3-12H2,1-2H3. The van der Waals surface area contributed by atoms with Gasteiger partial charge in [0, 0.05) is 29.4 Å². The van der Waals surface area contributed by atoms with Crippen LogP contribution >= 0.6 is 0 Å². The molecule has 7 heteroatoms. The normalized spacial score (nSPS) is 17.4. The van der Waals surface area contributed by atoms with Crippen molar-refractivity contribution in [3.05, 3.63) is 0 Å². The molecule has 0 aromatic rings. The van der Waals surface area contributed by atoms with Gasteiger partial charge in [-0.1, -0.05) is 0 Å². The van der Waals surface area contributed by atoms with Gasteiger partial charge in [-0.2, -0.15) is 0 Å². The zero-order chi connectivity index (χ0) is 15.6. The minimum Gasteiger partial charge on any atom is -0.469 e. The Bertz CT molecular complexity index is 329. The monoisotopic (exact) mass is 322 g/mol. The highest BCUT2D eigenvalue weighted by Crippen LogP contribution is 2.49. The summed E-state index contributed by atoms with van der Waals surface area (Å²) in [5, 5.41) is 0. The third-order valence-electron chi connectivity index (χ3n) is 3.43. The number of ether oxygens (including phenoxy) is 4. The molecule has 0 aromatic heterocycles. The number of methoxy groups -OCH3 is 2. The molecule has 1 aliphatic carbocycles. The van der Waals surface area contributed by atoms with E-state index < -0.39 is 10.8 Å². The summed E-state index contributed by atoms with van der Waals surface area (Å²) in [6.07, 6.45) is 2.30. The van der Waals surface area contributed by atoms with Gasteiger partial charge in [0.05, 0.1) is 46.6 Å². The van der Waals surface area contributed by atoms with E-state index >= 15 is 0 Å². The van der Waals surface area contributed by atoms with E-state index in [0.717, 1.165) is 12.8 Å². The second-order valence-electron chi connectivity index (χ2n) is 5.26. The Morgan fingerprint density at radius 2 is 1.67 bits per heavy atom. The summed E-state index contributed by atoms with van der Waals surface area (Å²) in [5.41, 5.74) is -0.0821. The lowest BCUT2D eigenvalue weighted by Crippen LogP contribution is -2.21. The van der Waals surface area contributed by atoms with Crippen molar-refractivity contribution in [2.75, 3.05) is 58.8 Å². The fraction of sp³-hybridized carbons (Fsp3) is 0.929. The molecule has 0 aromatic carbocycles. The minimum absolute atomic E-state index is 0.0821. The highest BCUT2D eigenvalue weighted by molar-refractivity contribution is 7.85. The van der Waals surface area contributed by atoms with E-state index in [1.54, 1.807) is 7.11 Å². The fourth-order valence-electron chi connectivity index (χ4n) is 1.96. The molecule has 1 rings (SSSR count). The van der Waals surface area contributed by atoms with Gasteiger partial charge in [-0.05, 0) is 18.3 Å². The Kier molecular flexibility index (Phi) is 9.07. The van der Waals surface area contributed by atoms with Gasteiger partial charge in [-0.3, -0.25) is 9.00 Å². The molecular formula is C14H26O6S. The van der Waals surface area contributed by atoms with Crippen LogP contribution in [0, 0.1) is 5.41 Å². The maximum atomic E-state index is 12.0. The molecule has 1 saturated carbocycles. The fourth-order valence-corrected chi connectivity index (χ4v) is 3.48. The SMILES string of the molecule is COCCOCCOCCS(=O)CC1(CC(=O)OC)CC1. The van der Waals surface area contributed by atoms with E-state index in [9.17, 15) is 9.00 Å². The van der Waals surface area contributed by atoms with E-state index in [4.69, 9.17) is 14.2 Å². The van der Waals surface area contributed by atoms with Crippen molar-refractivity contribution in [3.63, 3.8) is 0 Å². The largest absolute Gasteiger partial charge is 0.469 e. The van der Waals surface area contributed by atoms with Crippen molar-refractivity contribution >= 4 is 16.8 Å². The van der Waals surface area contributed by atoms with Crippen LogP contribution in [0.2, 0.25) is 0 Å². The van der Waals surface area contributed by atoms with E-state index in [-0.39, 0.29) is 11.4 Å². The molecule has 0 N–H and O–H groups in total. The molecule has 0 radical (unpaired) electrons. The van der Waals surface area contributed by atoms with Gasteiger partial charge < -0.3 is 18.9 Å². The number of hydrogen-bond donors (Lipinski definition) is 0. The van der Waals surface area contributed by atoms with Crippen LogP contribution in [0.25, 0.3) is 0 Å². The van der Waals surface area contributed by atoms with E-state index in [1.807, 2.05) is 0 Å². The smallest absolute Gasteiger partial charge is 0.306 e. The van der Waals surface area contributed by atoms with Gasteiger partial charge in [0.25, 0.3) is 0 Å². The number of carbonyl (C=O) groups excluding carboxylic acids is 1. The van der Waals surface area contributed by atoms with Gasteiger partial charge in [0.1, 0.15) is 0 Å². The van der Waals surface area contributed by atoms with Crippen LogP contribution in [-0.2, 0) is 34.5 Å². The molecular weight excluding hydrogens is 296 g/mol. The zero-order valence-electron chi connectivity index (χ0n) is 12.9. The van der Waals surface area contributed by atoms with Gasteiger partial charge in [-0.25, -0.2) is 0 Å². The van der Waals surface area contributed by atoms with Crippen LogP contribution in [-0.4, -0.2) is 68.9 Å². The average molecular weight is 322 g/mol.